The van der Waals surface area contributed by atoms with E-state index >= 15 is 0 Å². The standard InChI is InChI=1S/C16H12BrNO2S/c17-12-3-2-11(10-18)16(8-12)21-13-4-5-14-15(9-13)20-7-1-6-19-14/h2-5,8-9H,1,6-7H2. The summed E-state index contributed by atoms with van der Waals surface area (Å²) in [6.07, 6.45) is 0.890. The minimum absolute atomic E-state index is 0.662. The van der Waals surface area contributed by atoms with Crippen LogP contribution in [-0.4, -0.2) is 13.2 Å². The Morgan fingerprint density at radius 3 is 2.67 bits per heavy atom. The van der Waals surface area contributed by atoms with Gasteiger partial charge in [-0.05, 0) is 36.4 Å². The van der Waals surface area contributed by atoms with E-state index in [1.807, 2.05) is 36.4 Å². The largest absolute Gasteiger partial charge is 0.490 e. The van der Waals surface area contributed by atoms with Crippen molar-refractivity contribution in [3.05, 3.63) is 46.4 Å². The van der Waals surface area contributed by atoms with Crippen molar-refractivity contribution < 1.29 is 9.47 Å². The van der Waals surface area contributed by atoms with Gasteiger partial charge >= 0.3 is 0 Å². The average molecular weight is 362 g/mol. The first kappa shape index (κ1) is 14.3. The third-order valence-corrected chi connectivity index (χ3v) is 4.55. The molecule has 0 amide bonds. The van der Waals surface area contributed by atoms with Gasteiger partial charge in [-0.3, -0.25) is 0 Å². The van der Waals surface area contributed by atoms with Crippen molar-refractivity contribution in [2.45, 2.75) is 16.2 Å². The van der Waals surface area contributed by atoms with E-state index in [4.69, 9.17) is 9.47 Å². The number of halogens is 1. The Hall–Kier alpha value is -1.64. The van der Waals surface area contributed by atoms with Crippen molar-refractivity contribution in [1.82, 2.24) is 0 Å². The zero-order chi connectivity index (χ0) is 14.7. The molecule has 0 N–H and O–H groups in total. The van der Waals surface area contributed by atoms with Crippen molar-refractivity contribution in [2.75, 3.05) is 13.2 Å². The Labute approximate surface area is 136 Å². The van der Waals surface area contributed by atoms with E-state index in [0.29, 0.717) is 18.8 Å². The summed E-state index contributed by atoms with van der Waals surface area (Å²) in [6.45, 7) is 1.35. The van der Waals surface area contributed by atoms with Crippen molar-refractivity contribution in [2.24, 2.45) is 0 Å². The number of nitrogens with zero attached hydrogens (tertiary/aromatic N) is 1. The summed E-state index contributed by atoms with van der Waals surface area (Å²) in [5.74, 6) is 1.55. The van der Waals surface area contributed by atoms with Gasteiger partial charge in [0.05, 0.1) is 18.8 Å². The molecule has 0 aromatic heterocycles. The molecule has 2 aromatic carbocycles. The van der Waals surface area contributed by atoms with Crippen LogP contribution in [0, 0.1) is 11.3 Å². The number of benzene rings is 2. The van der Waals surface area contributed by atoms with Crippen LogP contribution in [0.2, 0.25) is 0 Å². The maximum Gasteiger partial charge on any atom is 0.162 e. The van der Waals surface area contributed by atoms with E-state index in [1.54, 1.807) is 11.8 Å². The van der Waals surface area contributed by atoms with Crippen molar-refractivity contribution >= 4 is 27.7 Å². The molecular weight excluding hydrogens is 350 g/mol. The summed E-state index contributed by atoms with van der Waals surface area (Å²) >= 11 is 4.99. The maximum absolute atomic E-state index is 9.19. The zero-order valence-corrected chi connectivity index (χ0v) is 13.5. The predicted octanol–water partition coefficient (Wildman–Crippen LogP) is 4.63. The Morgan fingerprint density at radius 1 is 1.05 bits per heavy atom. The zero-order valence-electron chi connectivity index (χ0n) is 11.1. The summed E-state index contributed by atoms with van der Waals surface area (Å²) in [5.41, 5.74) is 0.662. The molecule has 3 rings (SSSR count). The minimum Gasteiger partial charge on any atom is -0.490 e. The van der Waals surface area contributed by atoms with E-state index in [0.717, 1.165) is 32.2 Å². The monoisotopic (exact) mass is 361 g/mol. The van der Waals surface area contributed by atoms with E-state index in [1.165, 1.54) is 0 Å². The molecule has 1 aliphatic heterocycles. The first-order chi connectivity index (χ1) is 10.3. The van der Waals surface area contributed by atoms with Crippen molar-refractivity contribution in [3.63, 3.8) is 0 Å². The Bertz CT molecular complexity index is 712. The van der Waals surface area contributed by atoms with Crippen molar-refractivity contribution in [1.29, 1.82) is 5.26 Å². The number of rotatable bonds is 2. The highest BCUT2D eigenvalue weighted by Gasteiger charge is 2.12. The molecule has 1 heterocycles. The molecule has 2 aromatic rings. The van der Waals surface area contributed by atoms with Crippen LogP contribution < -0.4 is 9.47 Å². The lowest BCUT2D eigenvalue weighted by Crippen LogP contribution is -1.97. The number of fused-ring (bicyclic) bond motifs is 1. The summed E-state index contributed by atoms with van der Waals surface area (Å²) in [4.78, 5) is 1.94. The highest BCUT2D eigenvalue weighted by Crippen LogP contribution is 2.38. The normalized spacial score (nSPS) is 13.3. The summed E-state index contributed by atoms with van der Waals surface area (Å²) in [5, 5.41) is 9.19. The summed E-state index contributed by atoms with van der Waals surface area (Å²) in [7, 11) is 0. The quantitative estimate of drug-likeness (QED) is 0.781. The molecule has 3 nitrogen and oxygen atoms in total. The van der Waals surface area contributed by atoms with Gasteiger partial charge in [0.25, 0.3) is 0 Å². The third-order valence-electron chi connectivity index (χ3n) is 3.01. The van der Waals surface area contributed by atoms with E-state index < -0.39 is 0 Å². The fourth-order valence-electron chi connectivity index (χ4n) is 2.01. The molecule has 1 aliphatic rings. The van der Waals surface area contributed by atoms with Gasteiger partial charge in [0.2, 0.25) is 0 Å². The average Bonchev–Trinajstić information content (AvgIpc) is 2.72. The lowest BCUT2D eigenvalue weighted by molar-refractivity contribution is 0.297. The molecule has 0 atom stereocenters. The van der Waals surface area contributed by atoms with Crippen LogP contribution in [0.3, 0.4) is 0 Å². The Morgan fingerprint density at radius 2 is 1.86 bits per heavy atom. The molecule has 0 aliphatic carbocycles. The van der Waals surface area contributed by atoms with E-state index in [-0.39, 0.29) is 0 Å². The molecule has 0 bridgehead atoms. The smallest absolute Gasteiger partial charge is 0.162 e. The van der Waals surface area contributed by atoms with Gasteiger partial charge in [-0.15, -0.1) is 0 Å². The van der Waals surface area contributed by atoms with Gasteiger partial charge in [-0.25, -0.2) is 0 Å². The van der Waals surface area contributed by atoms with Gasteiger partial charge in [-0.1, -0.05) is 27.7 Å². The lowest BCUT2D eigenvalue weighted by Gasteiger charge is -2.10. The SMILES string of the molecule is N#Cc1ccc(Br)cc1Sc1ccc2c(c1)OCCCO2. The van der Waals surface area contributed by atoms with Gasteiger partial charge < -0.3 is 9.47 Å². The molecular formula is C16H12BrNO2S. The van der Waals surface area contributed by atoms with Gasteiger partial charge in [0.1, 0.15) is 6.07 Å². The molecule has 0 spiro atoms. The maximum atomic E-state index is 9.19. The highest BCUT2D eigenvalue weighted by atomic mass is 79.9. The number of hydrogen-bond acceptors (Lipinski definition) is 4. The second kappa shape index (κ2) is 6.42. The van der Waals surface area contributed by atoms with Crippen LogP contribution in [0.5, 0.6) is 11.5 Å². The summed E-state index contributed by atoms with van der Waals surface area (Å²) in [6, 6.07) is 13.7. The van der Waals surface area contributed by atoms with Crippen LogP contribution in [0.4, 0.5) is 0 Å². The Kier molecular flexibility index (Phi) is 4.37. The molecule has 106 valence electrons. The predicted molar refractivity (Wildman–Crippen MR) is 85.0 cm³/mol. The molecule has 0 saturated carbocycles. The minimum atomic E-state index is 0.662. The molecule has 5 heteroatoms. The van der Waals surface area contributed by atoms with Gasteiger partial charge in [-0.2, -0.15) is 5.26 Å². The van der Waals surface area contributed by atoms with E-state index in [2.05, 4.69) is 22.0 Å². The molecule has 21 heavy (non-hydrogen) atoms. The first-order valence-corrected chi connectivity index (χ1v) is 8.14. The molecule has 0 unspecified atom stereocenters. The second-order valence-corrected chi connectivity index (χ2v) is 6.54. The number of ether oxygens (including phenoxy) is 2. The Balaban J connectivity index is 1.90. The summed E-state index contributed by atoms with van der Waals surface area (Å²) < 4.78 is 12.3. The van der Waals surface area contributed by atoms with Crippen LogP contribution >= 0.6 is 27.7 Å². The second-order valence-electron chi connectivity index (χ2n) is 4.51. The van der Waals surface area contributed by atoms with Crippen LogP contribution in [0.1, 0.15) is 12.0 Å². The van der Waals surface area contributed by atoms with Crippen LogP contribution in [0.25, 0.3) is 0 Å². The first-order valence-electron chi connectivity index (χ1n) is 6.53. The van der Waals surface area contributed by atoms with Gasteiger partial charge in [0.15, 0.2) is 11.5 Å². The topological polar surface area (TPSA) is 42.2 Å². The van der Waals surface area contributed by atoms with Crippen LogP contribution in [0.15, 0.2) is 50.7 Å². The molecule has 0 radical (unpaired) electrons. The fourth-order valence-corrected chi connectivity index (χ4v) is 3.49. The van der Waals surface area contributed by atoms with Crippen LogP contribution in [-0.2, 0) is 0 Å². The third kappa shape index (κ3) is 3.34. The lowest BCUT2D eigenvalue weighted by atomic mass is 10.2. The highest BCUT2D eigenvalue weighted by molar-refractivity contribution is 9.10. The fraction of sp³-hybridized carbons (Fsp3) is 0.188. The molecule has 0 saturated heterocycles. The number of hydrogen-bond donors (Lipinski definition) is 0. The molecule has 0 fully saturated rings. The number of nitriles is 1. The van der Waals surface area contributed by atoms with Gasteiger partial charge in [0, 0.05) is 20.7 Å². The van der Waals surface area contributed by atoms with E-state index in [9.17, 15) is 5.26 Å². The van der Waals surface area contributed by atoms with Crippen molar-refractivity contribution in [3.8, 4) is 17.6 Å².